The van der Waals surface area contributed by atoms with Gasteiger partial charge in [-0.25, -0.2) is 4.79 Å². The molecule has 0 aromatic heterocycles. The number of hydrogen-bond donors (Lipinski definition) is 0. The molecular weight excluding hydrogens is 428 g/mol. The Morgan fingerprint density at radius 1 is 1.03 bits per heavy atom. The van der Waals surface area contributed by atoms with E-state index in [4.69, 9.17) is 18.9 Å². The van der Waals surface area contributed by atoms with Crippen molar-refractivity contribution in [1.29, 1.82) is 0 Å². The van der Waals surface area contributed by atoms with Gasteiger partial charge >= 0.3 is 6.16 Å². The van der Waals surface area contributed by atoms with E-state index in [9.17, 15) is 4.79 Å². The summed E-state index contributed by atoms with van der Waals surface area (Å²) >= 11 is 0. The molecule has 1 unspecified atom stereocenters. The van der Waals surface area contributed by atoms with Gasteiger partial charge in [-0.3, -0.25) is 0 Å². The van der Waals surface area contributed by atoms with Crippen LogP contribution < -0.4 is 4.74 Å². The SMILES string of the molecule is C=Cc1ccc(OC(=O)OC(C)(C)Cc2ccc(C=COC(C)OC3CCCCC3)cc2)cc1. The zero-order chi connectivity index (χ0) is 24.4. The van der Waals surface area contributed by atoms with Crippen molar-refractivity contribution in [2.24, 2.45) is 0 Å². The highest BCUT2D eigenvalue weighted by atomic mass is 16.7. The van der Waals surface area contributed by atoms with Crippen LogP contribution in [0.15, 0.2) is 61.4 Å². The third-order valence-corrected chi connectivity index (χ3v) is 5.75. The van der Waals surface area contributed by atoms with Crippen LogP contribution in [0.2, 0.25) is 0 Å². The lowest BCUT2D eigenvalue weighted by atomic mass is 9.97. The van der Waals surface area contributed by atoms with E-state index < -0.39 is 11.8 Å². The Bertz CT molecular complexity index is 937. The van der Waals surface area contributed by atoms with Gasteiger partial charge in [-0.05, 0) is 68.5 Å². The predicted molar refractivity (Wildman–Crippen MR) is 135 cm³/mol. The second-order valence-electron chi connectivity index (χ2n) is 9.31. The lowest BCUT2D eigenvalue weighted by molar-refractivity contribution is -0.136. The fourth-order valence-electron chi connectivity index (χ4n) is 4.02. The van der Waals surface area contributed by atoms with Gasteiger partial charge in [0.15, 0.2) is 6.29 Å². The molecule has 0 radical (unpaired) electrons. The second kappa shape index (κ2) is 12.4. The van der Waals surface area contributed by atoms with Gasteiger partial charge in [-0.15, -0.1) is 0 Å². The lowest BCUT2D eigenvalue weighted by Crippen LogP contribution is -2.32. The zero-order valence-corrected chi connectivity index (χ0v) is 20.5. The molecule has 1 fully saturated rings. The molecule has 0 saturated heterocycles. The molecule has 0 heterocycles. The molecule has 1 aliphatic carbocycles. The van der Waals surface area contributed by atoms with Crippen LogP contribution in [0.1, 0.15) is 69.6 Å². The Hall–Kier alpha value is -3.05. The van der Waals surface area contributed by atoms with Gasteiger partial charge in [0.2, 0.25) is 0 Å². The first-order chi connectivity index (χ1) is 16.3. The summed E-state index contributed by atoms with van der Waals surface area (Å²) in [6.45, 7) is 9.38. The molecule has 1 saturated carbocycles. The smallest absolute Gasteiger partial charge is 0.473 e. The zero-order valence-electron chi connectivity index (χ0n) is 20.5. The standard InChI is InChI=1S/C29H36O5/c1-5-23-15-17-27(18-16-23)33-28(30)34-29(3,4)21-25-13-11-24(12-14-25)19-20-31-22(2)32-26-9-7-6-8-10-26/h5,11-20,22,26H,1,6-10,21H2,2-4H3. The van der Waals surface area contributed by atoms with Crippen molar-refractivity contribution in [2.75, 3.05) is 0 Å². The Morgan fingerprint density at radius 2 is 1.68 bits per heavy atom. The molecule has 5 nitrogen and oxygen atoms in total. The van der Waals surface area contributed by atoms with Crippen molar-refractivity contribution >= 4 is 18.3 Å². The predicted octanol–water partition coefficient (Wildman–Crippen LogP) is 7.55. The quantitative estimate of drug-likeness (QED) is 0.157. The van der Waals surface area contributed by atoms with E-state index in [2.05, 4.69) is 6.58 Å². The molecule has 5 heteroatoms. The Labute approximate surface area is 203 Å². The fraction of sp³-hybridized carbons (Fsp3) is 0.414. The molecule has 2 aromatic carbocycles. The summed E-state index contributed by atoms with van der Waals surface area (Å²) < 4.78 is 22.5. The van der Waals surface area contributed by atoms with Crippen LogP contribution in [0.25, 0.3) is 12.2 Å². The third kappa shape index (κ3) is 8.71. The van der Waals surface area contributed by atoms with Crippen LogP contribution in [0.3, 0.4) is 0 Å². The largest absolute Gasteiger partial charge is 0.514 e. The van der Waals surface area contributed by atoms with Crippen LogP contribution in [-0.4, -0.2) is 24.2 Å². The minimum Gasteiger partial charge on any atom is -0.473 e. The molecule has 0 spiro atoms. The second-order valence-corrected chi connectivity index (χ2v) is 9.31. The molecule has 0 N–H and O–H groups in total. The summed E-state index contributed by atoms with van der Waals surface area (Å²) in [5.41, 5.74) is 2.31. The average molecular weight is 465 g/mol. The maximum Gasteiger partial charge on any atom is 0.514 e. The normalized spacial score (nSPS) is 15.6. The summed E-state index contributed by atoms with van der Waals surface area (Å²) in [7, 11) is 0. The van der Waals surface area contributed by atoms with Crippen LogP contribution in [0.4, 0.5) is 4.79 Å². The maximum absolute atomic E-state index is 12.2. The van der Waals surface area contributed by atoms with E-state index in [1.165, 1.54) is 19.3 Å². The summed E-state index contributed by atoms with van der Waals surface area (Å²) in [6, 6.07) is 15.1. The number of hydrogen-bond acceptors (Lipinski definition) is 5. The molecule has 182 valence electrons. The first kappa shape index (κ1) is 25.6. The average Bonchev–Trinajstić information content (AvgIpc) is 2.80. The topological polar surface area (TPSA) is 54.0 Å². The Balaban J connectivity index is 1.44. The van der Waals surface area contributed by atoms with Gasteiger partial charge in [0.25, 0.3) is 0 Å². The summed E-state index contributed by atoms with van der Waals surface area (Å²) in [5, 5.41) is 0. The molecule has 34 heavy (non-hydrogen) atoms. The van der Waals surface area contributed by atoms with Crippen LogP contribution in [-0.2, 0) is 20.6 Å². The van der Waals surface area contributed by atoms with Gasteiger partial charge < -0.3 is 18.9 Å². The van der Waals surface area contributed by atoms with Crippen molar-refractivity contribution in [2.45, 2.75) is 77.3 Å². The van der Waals surface area contributed by atoms with Gasteiger partial charge in [0.05, 0.1) is 12.4 Å². The van der Waals surface area contributed by atoms with Crippen molar-refractivity contribution in [3.8, 4) is 5.75 Å². The fourth-order valence-corrected chi connectivity index (χ4v) is 4.02. The molecule has 1 atom stereocenters. The highest BCUT2D eigenvalue weighted by Gasteiger charge is 2.25. The number of carbonyl (C=O) groups excluding carboxylic acids is 1. The van der Waals surface area contributed by atoms with Crippen molar-refractivity contribution in [3.05, 3.63) is 78.1 Å². The van der Waals surface area contributed by atoms with Gasteiger partial charge in [-0.1, -0.05) is 68.3 Å². The van der Waals surface area contributed by atoms with E-state index in [1.54, 1.807) is 24.5 Å². The van der Waals surface area contributed by atoms with E-state index in [-0.39, 0.29) is 6.29 Å². The molecule has 3 rings (SSSR count). The van der Waals surface area contributed by atoms with E-state index in [0.29, 0.717) is 18.3 Å². The highest BCUT2D eigenvalue weighted by molar-refractivity contribution is 5.64. The van der Waals surface area contributed by atoms with Crippen molar-refractivity contribution < 1.29 is 23.7 Å². The van der Waals surface area contributed by atoms with Crippen LogP contribution >= 0.6 is 0 Å². The molecule has 2 aromatic rings. The van der Waals surface area contributed by atoms with Crippen LogP contribution in [0.5, 0.6) is 5.75 Å². The molecular formula is C29H36O5. The maximum atomic E-state index is 12.2. The van der Waals surface area contributed by atoms with E-state index >= 15 is 0 Å². The summed E-state index contributed by atoms with van der Waals surface area (Å²) in [5.74, 6) is 0.434. The minimum atomic E-state index is -0.724. The highest BCUT2D eigenvalue weighted by Crippen LogP contribution is 2.22. The molecule has 0 aliphatic heterocycles. The molecule has 1 aliphatic rings. The molecule has 0 bridgehead atoms. The number of ether oxygens (including phenoxy) is 4. The number of rotatable bonds is 10. The van der Waals surface area contributed by atoms with Crippen molar-refractivity contribution in [1.82, 2.24) is 0 Å². The first-order valence-electron chi connectivity index (χ1n) is 12.0. The van der Waals surface area contributed by atoms with Crippen molar-refractivity contribution in [3.63, 3.8) is 0 Å². The number of carbonyl (C=O) groups is 1. The third-order valence-electron chi connectivity index (χ3n) is 5.75. The lowest BCUT2D eigenvalue weighted by Gasteiger charge is -2.25. The van der Waals surface area contributed by atoms with Gasteiger partial charge in [0.1, 0.15) is 11.4 Å². The Kier molecular flexibility index (Phi) is 9.34. The van der Waals surface area contributed by atoms with Gasteiger partial charge in [-0.2, -0.15) is 0 Å². The first-order valence-corrected chi connectivity index (χ1v) is 12.0. The summed E-state index contributed by atoms with van der Waals surface area (Å²) in [6.07, 6.45) is 11.3. The monoisotopic (exact) mass is 464 g/mol. The van der Waals surface area contributed by atoms with Gasteiger partial charge in [0, 0.05) is 6.42 Å². The minimum absolute atomic E-state index is 0.253. The Morgan fingerprint density at radius 3 is 2.32 bits per heavy atom. The van der Waals surface area contributed by atoms with E-state index in [1.807, 2.05) is 63.2 Å². The van der Waals surface area contributed by atoms with Crippen LogP contribution in [0, 0.1) is 0 Å². The molecule has 0 amide bonds. The number of benzene rings is 2. The summed E-state index contributed by atoms with van der Waals surface area (Å²) in [4.78, 5) is 12.2. The van der Waals surface area contributed by atoms with E-state index in [0.717, 1.165) is 29.5 Å².